The molecule has 0 N–H and O–H groups in total. The van der Waals surface area contributed by atoms with Gasteiger partial charge in [-0.05, 0) is 73.0 Å². The lowest BCUT2D eigenvalue weighted by Gasteiger charge is -2.54. The summed E-state index contributed by atoms with van der Waals surface area (Å²) in [7, 11) is 0. The number of rotatable bonds is 3. The normalized spacial score (nSPS) is 38.0. The SMILES string of the molecule is CC(C)(C)CC(Cl)(C(=O)OC1C2CC3CC(C2)CC1C3)C(C)(C)C. The summed E-state index contributed by atoms with van der Waals surface area (Å²) < 4.78 is 6.19. The zero-order valence-corrected chi connectivity index (χ0v) is 17.1. The van der Waals surface area contributed by atoms with Gasteiger partial charge in [-0.3, -0.25) is 4.79 Å². The van der Waals surface area contributed by atoms with Gasteiger partial charge in [-0.25, -0.2) is 0 Å². The molecule has 0 aromatic heterocycles. The van der Waals surface area contributed by atoms with Crippen molar-refractivity contribution >= 4 is 17.6 Å². The molecular weight excluding hydrogens is 320 g/mol. The maximum absolute atomic E-state index is 13.2. The van der Waals surface area contributed by atoms with E-state index in [1.165, 1.54) is 32.1 Å². The van der Waals surface area contributed by atoms with Crippen molar-refractivity contribution in [3.63, 3.8) is 0 Å². The third kappa shape index (κ3) is 3.37. The van der Waals surface area contributed by atoms with Crippen molar-refractivity contribution in [1.29, 1.82) is 0 Å². The van der Waals surface area contributed by atoms with Gasteiger partial charge in [0.2, 0.25) is 0 Å². The Hall–Kier alpha value is -0.240. The van der Waals surface area contributed by atoms with E-state index in [4.69, 9.17) is 16.3 Å². The fourth-order valence-corrected chi connectivity index (χ4v) is 6.10. The van der Waals surface area contributed by atoms with Crippen molar-refractivity contribution in [2.24, 2.45) is 34.5 Å². The van der Waals surface area contributed by atoms with Crippen molar-refractivity contribution in [1.82, 2.24) is 0 Å². The van der Waals surface area contributed by atoms with E-state index in [0.29, 0.717) is 18.3 Å². The zero-order chi connectivity index (χ0) is 17.9. The van der Waals surface area contributed by atoms with Gasteiger partial charge in [0.1, 0.15) is 11.0 Å². The molecule has 1 atom stereocenters. The molecule has 24 heavy (non-hydrogen) atoms. The van der Waals surface area contributed by atoms with Crippen LogP contribution in [-0.4, -0.2) is 16.9 Å². The Kier molecular flexibility index (Phi) is 4.56. The molecule has 138 valence electrons. The van der Waals surface area contributed by atoms with Crippen LogP contribution in [0.2, 0.25) is 0 Å². The summed E-state index contributed by atoms with van der Waals surface area (Å²) >= 11 is 6.99. The average molecular weight is 355 g/mol. The lowest BCUT2D eigenvalue weighted by atomic mass is 9.55. The number of alkyl halides is 1. The molecule has 0 radical (unpaired) electrons. The highest BCUT2D eigenvalue weighted by Crippen LogP contribution is 2.55. The molecule has 2 nitrogen and oxygen atoms in total. The van der Waals surface area contributed by atoms with Crippen molar-refractivity contribution in [2.75, 3.05) is 0 Å². The van der Waals surface area contributed by atoms with Crippen LogP contribution in [0.1, 0.15) is 80.1 Å². The predicted molar refractivity (Wildman–Crippen MR) is 99.0 cm³/mol. The van der Waals surface area contributed by atoms with Crippen molar-refractivity contribution in [3.8, 4) is 0 Å². The van der Waals surface area contributed by atoms with Gasteiger partial charge in [0.25, 0.3) is 0 Å². The third-order valence-electron chi connectivity index (χ3n) is 6.67. The highest BCUT2D eigenvalue weighted by atomic mass is 35.5. The molecule has 0 saturated heterocycles. The highest BCUT2D eigenvalue weighted by Gasteiger charge is 2.54. The van der Waals surface area contributed by atoms with E-state index < -0.39 is 4.87 Å². The lowest BCUT2D eigenvalue weighted by Crippen LogP contribution is -2.54. The van der Waals surface area contributed by atoms with Gasteiger partial charge >= 0.3 is 5.97 Å². The van der Waals surface area contributed by atoms with Crippen molar-refractivity contribution < 1.29 is 9.53 Å². The van der Waals surface area contributed by atoms with Crippen LogP contribution in [0, 0.1) is 34.5 Å². The largest absolute Gasteiger partial charge is 0.460 e. The first kappa shape index (κ1) is 18.5. The van der Waals surface area contributed by atoms with Crippen LogP contribution >= 0.6 is 11.6 Å². The first-order valence-corrected chi connectivity index (χ1v) is 10.2. The second kappa shape index (κ2) is 5.89. The molecule has 1 unspecified atom stereocenters. The molecule has 4 bridgehead atoms. The molecule has 4 fully saturated rings. The standard InChI is InChI=1S/C21H35ClO2/c1-19(2,3)12-21(22,20(4,5)6)18(23)24-17-15-8-13-7-14(10-15)11-16(17)9-13/h13-17H,7-12H2,1-6H3. The van der Waals surface area contributed by atoms with E-state index >= 15 is 0 Å². The summed E-state index contributed by atoms with van der Waals surface area (Å²) in [4.78, 5) is 12.3. The number of hydrogen-bond donors (Lipinski definition) is 0. The van der Waals surface area contributed by atoms with E-state index in [2.05, 4.69) is 41.5 Å². The number of hydrogen-bond acceptors (Lipinski definition) is 2. The van der Waals surface area contributed by atoms with E-state index in [1.54, 1.807) is 0 Å². The van der Waals surface area contributed by atoms with Crippen molar-refractivity contribution in [2.45, 2.75) is 91.0 Å². The molecule has 0 heterocycles. The van der Waals surface area contributed by atoms with Gasteiger partial charge in [0, 0.05) is 0 Å². The van der Waals surface area contributed by atoms with E-state index in [9.17, 15) is 4.79 Å². The monoisotopic (exact) mass is 354 g/mol. The van der Waals surface area contributed by atoms with Crippen LogP contribution in [0.3, 0.4) is 0 Å². The number of carbonyl (C=O) groups is 1. The maximum atomic E-state index is 13.2. The zero-order valence-electron chi connectivity index (χ0n) is 16.3. The summed E-state index contributed by atoms with van der Waals surface area (Å²) in [6, 6.07) is 0. The van der Waals surface area contributed by atoms with Crippen LogP contribution in [0.15, 0.2) is 0 Å². The molecule has 4 aliphatic carbocycles. The molecule has 0 aromatic carbocycles. The van der Waals surface area contributed by atoms with Crippen molar-refractivity contribution in [3.05, 3.63) is 0 Å². The topological polar surface area (TPSA) is 26.3 Å². The average Bonchev–Trinajstić information content (AvgIpc) is 2.38. The quantitative estimate of drug-likeness (QED) is 0.472. The Morgan fingerprint density at radius 1 is 0.917 bits per heavy atom. The Morgan fingerprint density at radius 2 is 1.38 bits per heavy atom. The van der Waals surface area contributed by atoms with Crippen LogP contribution in [0.4, 0.5) is 0 Å². The second-order valence-corrected chi connectivity index (χ2v) is 11.7. The van der Waals surface area contributed by atoms with E-state index in [-0.39, 0.29) is 22.9 Å². The minimum absolute atomic E-state index is 0.0158. The molecule has 0 aliphatic heterocycles. The fraction of sp³-hybridized carbons (Fsp3) is 0.952. The second-order valence-electron chi connectivity index (χ2n) is 11.1. The number of halogens is 1. The molecule has 0 aromatic rings. The van der Waals surface area contributed by atoms with Crippen LogP contribution in [-0.2, 0) is 9.53 Å². The first-order valence-electron chi connectivity index (χ1n) is 9.79. The number of carbonyl (C=O) groups excluding carboxylic acids is 1. The van der Waals surface area contributed by atoms with Gasteiger partial charge in [-0.2, -0.15) is 0 Å². The summed E-state index contributed by atoms with van der Waals surface area (Å²) in [6.45, 7) is 12.6. The summed E-state index contributed by atoms with van der Waals surface area (Å²) in [6.07, 6.45) is 7.20. The Bertz CT molecular complexity index is 471. The Morgan fingerprint density at radius 3 is 1.75 bits per heavy atom. The van der Waals surface area contributed by atoms with Gasteiger partial charge < -0.3 is 4.74 Å². The molecule has 0 spiro atoms. The maximum Gasteiger partial charge on any atom is 0.328 e. The van der Waals surface area contributed by atoms with E-state index in [0.717, 1.165) is 11.8 Å². The molecule has 4 aliphatic rings. The first-order chi connectivity index (χ1) is 10.9. The lowest BCUT2D eigenvalue weighted by molar-refractivity contribution is -0.177. The minimum Gasteiger partial charge on any atom is -0.460 e. The minimum atomic E-state index is -0.958. The van der Waals surface area contributed by atoms with E-state index in [1.807, 2.05) is 0 Å². The summed E-state index contributed by atoms with van der Waals surface area (Å²) in [5.74, 6) is 2.77. The highest BCUT2D eigenvalue weighted by molar-refractivity contribution is 6.34. The molecule has 4 rings (SSSR count). The molecule has 3 heteroatoms. The predicted octanol–water partition coefficient (Wildman–Crippen LogP) is 5.81. The fourth-order valence-electron chi connectivity index (χ4n) is 5.66. The molecular formula is C21H35ClO2. The van der Waals surface area contributed by atoms with Gasteiger partial charge in [-0.15, -0.1) is 11.6 Å². The number of ether oxygens (including phenoxy) is 1. The van der Waals surface area contributed by atoms with Crippen LogP contribution in [0.5, 0.6) is 0 Å². The Labute approximate surface area is 153 Å². The van der Waals surface area contributed by atoms with Gasteiger partial charge in [0.15, 0.2) is 0 Å². The van der Waals surface area contributed by atoms with Gasteiger partial charge in [-0.1, -0.05) is 41.5 Å². The molecule has 0 amide bonds. The van der Waals surface area contributed by atoms with Crippen LogP contribution < -0.4 is 0 Å². The number of esters is 1. The van der Waals surface area contributed by atoms with Crippen LogP contribution in [0.25, 0.3) is 0 Å². The van der Waals surface area contributed by atoms with Gasteiger partial charge in [0.05, 0.1) is 0 Å². The summed E-state index contributed by atoms with van der Waals surface area (Å²) in [5.41, 5.74) is -0.344. The Balaban J connectivity index is 1.77. The summed E-state index contributed by atoms with van der Waals surface area (Å²) in [5, 5.41) is 0. The molecule has 4 saturated carbocycles. The third-order valence-corrected chi connectivity index (χ3v) is 7.52. The smallest absolute Gasteiger partial charge is 0.328 e.